The lowest BCUT2D eigenvalue weighted by atomic mass is 10.0. The topological polar surface area (TPSA) is 49.5 Å². The highest BCUT2D eigenvalue weighted by atomic mass is 16.3. The standard InChI is InChI=1S/C7H16N2O/c1-6-2-3-9(6)4-7(8)5-10/h6-7,10H,2-5,8H2,1H3. The van der Waals surface area contributed by atoms with E-state index in [2.05, 4.69) is 11.8 Å². The number of nitrogens with zero attached hydrogens (tertiary/aromatic N) is 1. The number of likely N-dealkylation sites (tertiary alicyclic amines) is 1. The van der Waals surface area contributed by atoms with Crippen LogP contribution in [0.15, 0.2) is 0 Å². The van der Waals surface area contributed by atoms with E-state index in [1.54, 1.807) is 0 Å². The van der Waals surface area contributed by atoms with Crippen LogP contribution in [0.1, 0.15) is 13.3 Å². The van der Waals surface area contributed by atoms with Crippen molar-refractivity contribution in [1.82, 2.24) is 4.90 Å². The Labute approximate surface area is 61.8 Å². The molecule has 0 amide bonds. The quantitative estimate of drug-likeness (QED) is 0.556. The van der Waals surface area contributed by atoms with Gasteiger partial charge in [-0.1, -0.05) is 0 Å². The van der Waals surface area contributed by atoms with Gasteiger partial charge in [0.25, 0.3) is 0 Å². The van der Waals surface area contributed by atoms with Crippen molar-refractivity contribution in [1.29, 1.82) is 0 Å². The van der Waals surface area contributed by atoms with Gasteiger partial charge >= 0.3 is 0 Å². The van der Waals surface area contributed by atoms with Gasteiger partial charge in [-0.15, -0.1) is 0 Å². The monoisotopic (exact) mass is 144 g/mol. The van der Waals surface area contributed by atoms with Gasteiger partial charge in [0.15, 0.2) is 0 Å². The van der Waals surface area contributed by atoms with E-state index in [0.29, 0.717) is 6.04 Å². The van der Waals surface area contributed by atoms with Crippen LogP contribution in [0.4, 0.5) is 0 Å². The second-order valence-electron chi connectivity index (χ2n) is 3.08. The summed E-state index contributed by atoms with van der Waals surface area (Å²) < 4.78 is 0. The third kappa shape index (κ3) is 1.68. The summed E-state index contributed by atoms with van der Waals surface area (Å²) in [6.07, 6.45) is 1.28. The average molecular weight is 144 g/mol. The zero-order chi connectivity index (χ0) is 7.56. The van der Waals surface area contributed by atoms with Gasteiger partial charge in [0.1, 0.15) is 0 Å². The second kappa shape index (κ2) is 3.32. The molecule has 3 nitrogen and oxygen atoms in total. The number of rotatable bonds is 3. The Kier molecular flexibility index (Phi) is 2.65. The highest BCUT2D eigenvalue weighted by Gasteiger charge is 2.24. The summed E-state index contributed by atoms with van der Waals surface area (Å²) in [7, 11) is 0. The predicted molar refractivity (Wildman–Crippen MR) is 40.7 cm³/mol. The van der Waals surface area contributed by atoms with Gasteiger partial charge in [-0.05, 0) is 19.9 Å². The van der Waals surface area contributed by atoms with Crippen LogP contribution >= 0.6 is 0 Å². The molecule has 1 heterocycles. The van der Waals surface area contributed by atoms with Crippen LogP contribution in [0.5, 0.6) is 0 Å². The van der Waals surface area contributed by atoms with Crippen molar-refractivity contribution in [3.8, 4) is 0 Å². The molecule has 0 aromatic carbocycles. The Balaban J connectivity index is 2.12. The van der Waals surface area contributed by atoms with Crippen molar-refractivity contribution in [3.63, 3.8) is 0 Å². The molecule has 3 N–H and O–H groups in total. The molecule has 0 spiro atoms. The largest absolute Gasteiger partial charge is 0.395 e. The van der Waals surface area contributed by atoms with Crippen LogP contribution in [-0.4, -0.2) is 41.8 Å². The van der Waals surface area contributed by atoms with Crippen LogP contribution < -0.4 is 5.73 Å². The fraction of sp³-hybridized carbons (Fsp3) is 1.00. The molecule has 10 heavy (non-hydrogen) atoms. The fourth-order valence-electron chi connectivity index (χ4n) is 1.20. The Morgan fingerprint density at radius 1 is 1.80 bits per heavy atom. The molecule has 0 aromatic heterocycles. The SMILES string of the molecule is CC1CCN1CC(N)CO. The Morgan fingerprint density at radius 3 is 2.80 bits per heavy atom. The first-order chi connectivity index (χ1) is 4.74. The average Bonchev–Trinajstić information content (AvgIpc) is 1.96. The molecule has 2 unspecified atom stereocenters. The molecular weight excluding hydrogens is 128 g/mol. The molecule has 2 atom stereocenters. The third-order valence-corrected chi connectivity index (χ3v) is 2.16. The van der Waals surface area contributed by atoms with Crippen LogP contribution in [-0.2, 0) is 0 Å². The zero-order valence-electron chi connectivity index (χ0n) is 6.45. The molecule has 0 bridgehead atoms. The highest BCUT2D eigenvalue weighted by molar-refractivity contribution is 4.81. The molecule has 1 saturated heterocycles. The van der Waals surface area contributed by atoms with Gasteiger partial charge in [0, 0.05) is 18.6 Å². The van der Waals surface area contributed by atoms with E-state index in [9.17, 15) is 0 Å². The van der Waals surface area contributed by atoms with Crippen LogP contribution in [0, 0.1) is 0 Å². The molecule has 3 heteroatoms. The summed E-state index contributed by atoms with van der Waals surface area (Å²) in [6.45, 7) is 4.28. The van der Waals surface area contributed by atoms with Gasteiger partial charge in [-0.2, -0.15) is 0 Å². The van der Waals surface area contributed by atoms with Gasteiger partial charge in [0.2, 0.25) is 0 Å². The van der Waals surface area contributed by atoms with E-state index in [0.717, 1.165) is 13.1 Å². The lowest BCUT2D eigenvalue weighted by Crippen LogP contribution is -2.51. The summed E-state index contributed by atoms with van der Waals surface area (Å²) in [4.78, 5) is 2.29. The smallest absolute Gasteiger partial charge is 0.0595 e. The molecule has 1 rings (SSSR count). The molecule has 0 aromatic rings. The molecule has 0 saturated carbocycles. The normalized spacial score (nSPS) is 29.7. The number of aliphatic hydroxyl groups is 1. The predicted octanol–water partition coefficient (Wildman–Crippen LogP) is -0.600. The number of hydrogen-bond acceptors (Lipinski definition) is 3. The number of aliphatic hydroxyl groups excluding tert-OH is 1. The summed E-state index contributed by atoms with van der Waals surface area (Å²) in [5, 5.41) is 8.64. The van der Waals surface area contributed by atoms with Gasteiger partial charge in [-0.3, -0.25) is 4.90 Å². The maximum atomic E-state index is 8.64. The van der Waals surface area contributed by atoms with Gasteiger partial charge in [0.05, 0.1) is 6.61 Å². The van der Waals surface area contributed by atoms with Crippen LogP contribution in [0.2, 0.25) is 0 Å². The van der Waals surface area contributed by atoms with Gasteiger partial charge < -0.3 is 10.8 Å². The van der Waals surface area contributed by atoms with Crippen molar-refractivity contribution in [2.24, 2.45) is 5.73 Å². The Bertz CT molecular complexity index is 108. The molecular formula is C7H16N2O. The van der Waals surface area contributed by atoms with Crippen LogP contribution in [0.25, 0.3) is 0 Å². The Hall–Kier alpha value is -0.120. The van der Waals surface area contributed by atoms with Crippen LogP contribution in [0.3, 0.4) is 0 Å². The first kappa shape index (κ1) is 7.98. The van der Waals surface area contributed by atoms with E-state index in [4.69, 9.17) is 10.8 Å². The van der Waals surface area contributed by atoms with E-state index < -0.39 is 0 Å². The molecule has 1 fully saturated rings. The summed E-state index contributed by atoms with van der Waals surface area (Å²) in [6, 6.07) is 0.625. The summed E-state index contributed by atoms with van der Waals surface area (Å²) in [5.74, 6) is 0. The van der Waals surface area contributed by atoms with Crippen molar-refractivity contribution >= 4 is 0 Å². The number of nitrogens with two attached hydrogens (primary N) is 1. The fourth-order valence-corrected chi connectivity index (χ4v) is 1.20. The van der Waals surface area contributed by atoms with E-state index in [1.165, 1.54) is 6.42 Å². The molecule has 0 radical (unpaired) electrons. The first-order valence-electron chi connectivity index (χ1n) is 3.84. The maximum Gasteiger partial charge on any atom is 0.0595 e. The molecule has 60 valence electrons. The zero-order valence-corrected chi connectivity index (χ0v) is 6.45. The molecule has 1 aliphatic heterocycles. The Morgan fingerprint density at radius 2 is 2.50 bits per heavy atom. The van der Waals surface area contributed by atoms with E-state index in [1.807, 2.05) is 0 Å². The minimum Gasteiger partial charge on any atom is -0.395 e. The third-order valence-electron chi connectivity index (χ3n) is 2.16. The second-order valence-corrected chi connectivity index (χ2v) is 3.08. The van der Waals surface area contributed by atoms with Crippen molar-refractivity contribution in [2.45, 2.75) is 25.4 Å². The molecule has 0 aliphatic carbocycles. The maximum absolute atomic E-state index is 8.64. The highest BCUT2D eigenvalue weighted by Crippen LogP contribution is 2.15. The number of hydrogen-bond donors (Lipinski definition) is 2. The molecule has 1 aliphatic rings. The van der Waals surface area contributed by atoms with Crippen molar-refractivity contribution < 1.29 is 5.11 Å². The summed E-state index contributed by atoms with van der Waals surface area (Å²) >= 11 is 0. The van der Waals surface area contributed by atoms with E-state index in [-0.39, 0.29) is 12.6 Å². The first-order valence-corrected chi connectivity index (χ1v) is 3.84. The lowest BCUT2D eigenvalue weighted by molar-refractivity contribution is 0.0857. The summed E-state index contributed by atoms with van der Waals surface area (Å²) in [5.41, 5.74) is 5.55. The van der Waals surface area contributed by atoms with Crippen molar-refractivity contribution in [3.05, 3.63) is 0 Å². The van der Waals surface area contributed by atoms with Gasteiger partial charge in [-0.25, -0.2) is 0 Å². The minimum absolute atomic E-state index is 0.0530. The minimum atomic E-state index is -0.0530. The van der Waals surface area contributed by atoms with E-state index >= 15 is 0 Å². The lowest BCUT2D eigenvalue weighted by Gasteiger charge is -2.39. The van der Waals surface area contributed by atoms with Crippen molar-refractivity contribution in [2.75, 3.05) is 19.7 Å².